The minimum atomic E-state index is -3.29. The number of pyridine rings is 2. The Morgan fingerprint density at radius 1 is 1.07 bits per heavy atom. The molecule has 1 aliphatic rings. The summed E-state index contributed by atoms with van der Waals surface area (Å²) in [7, 11) is -3.29. The molecule has 0 spiro atoms. The van der Waals surface area contributed by atoms with Crippen molar-refractivity contribution in [1.82, 2.24) is 14.9 Å². The summed E-state index contributed by atoms with van der Waals surface area (Å²) in [5.74, 6) is 1.000. The first-order valence-corrected chi connectivity index (χ1v) is 11.4. The zero-order valence-electron chi connectivity index (χ0n) is 16.1. The summed E-state index contributed by atoms with van der Waals surface area (Å²) in [5.41, 5.74) is 1.03. The number of piperazine rings is 1. The number of anilines is 1. The van der Waals surface area contributed by atoms with Crippen molar-refractivity contribution in [2.75, 3.05) is 37.3 Å². The van der Waals surface area contributed by atoms with E-state index in [2.05, 4.69) is 38.8 Å². The number of aromatic nitrogens is 2. The van der Waals surface area contributed by atoms with Gasteiger partial charge in [0.2, 0.25) is 0 Å². The second-order valence-corrected chi connectivity index (χ2v) is 9.11. The number of fused-ring (bicyclic) bond motifs is 1. The van der Waals surface area contributed by atoms with Crippen LogP contribution in [-0.4, -0.2) is 55.7 Å². The maximum Gasteiger partial charge on any atom is 0.192 e. The lowest BCUT2D eigenvalue weighted by Gasteiger charge is -2.42. The van der Waals surface area contributed by atoms with Gasteiger partial charge in [-0.05, 0) is 29.6 Å². The van der Waals surface area contributed by atoms with Crippen molar-refractivity contribution in [3.8, 4) is 0 Å². The van der Waals surface area contributed by atoms with Gasteiger partial charge in [-0.2, -0.15) is 0 Å². The first-order valence-electron chi connectivity index (χ1n) is 9.46. The highest BCUT2D eigenvalue weighted by Crippen LogP contribution is 2.31. The van der Waals surface area contributed by atoms with Crippen LogP contribution in [0.4, 0.5) is 5.82 Å². The fourth-order valence-electron chi connectivity index (χ4n) is 3.87. The number of likely N-dealkylation sites (N-methyl/N-ethyl adjacent to an activating group) is 1. The molecule has 1 saturated heterocycles. The van der Waals surface area contributed by atoms with E-state index in [1.165, 1.54) is 11.6 Å². The molecule has 4 rings (SSSR count). The molecule has 28 heavy (non-hydrogen) atoms. The molecule has 6 nitrogen and oxygen atoms in total. The molecule has 3 heterocycles. The van der Waals surface area contributed by atoms with Crippen molar-refractivity contribution in [2.24, 2.45) is 0 Å². The summed E-state index contributed by atoms with van der Waals surface area (Å²) in [6.07, 6.45) is 4.74. The molecule has 3 aromatic rings. The van der Waals surface area contributed by atoms with Crippen molar-refractivity contribution < 1.29 is 8.42 Å². The third-order valence-corrected chi connectivity index (χ3v) is 6.37. The molecule has 0 N–H and O–H groups in total. The van der Waals surface area contributed by atoms with Gasteiger partial charge in [-0.15, -0.1) is 0 Å². The molecule has 1 aromatic carbocycles. The molecule has 2 aromatic heterocycles. The van der Waals surface area contributed by atoms with E-state index >= 15 is 0 Å². The molecule has 0 radical (unpaired) electrons. The Kier molecular flexibility index (Phi) is 5.03. The van der Waals surface area contributed by atoms with Crippen LogP contribution < -0.4 is 4.90 Å². The zero-order chi connectivity index (χ0) is 19.7. The summed E-state index contributed by atoms with van der Waals surface area (Å²) >= 11 is 0. The van der Waals surface area contributed by atoms with Gasteiger partial charge < -0.3 is 4.90 Å². The second kappa shape index (κ2) is 7.48. The Balaban J connectivity index is 1.67. The predicted molar refractivity (Wildman–Crippen MR) is 111 cm³/mol. The standard InChI is InChI=1S/C21H24N4O2S/c1-3-24-12-13-25(21-18-7-5-4-6-16(18)10-11-22-21)15-19(24)17-8-9-20(23-14-17)28(2,26)27/h4-11,14,19H,3,12-13,15H2,1-2H3. The minimum absolute atomic E-state index is 0.114. The summed E-state index contributed by atoms with van der Waals surface area (Å²) in [6, 6.07) is 14.0. The van der Waals surface area contributed by atoms with E-state index in [0.29, 0.717) is 0 Å². The van der Waals surface area contributed by atoms with Gasteiger partial charge in [-0.25, -0.2) is 18.4 Å². The number of hydrogen-bond donors (Lipinski definition) is 0. The topological polar surface area (TPSA) is 66.4 Å². The van der Waals surface area contributed by atoms with Gasteiger partial charge in [-0.1, -0.05) is 37.3 Å². The molecule has 0 aliphatic carbocycles. The molecule has 1 aliphatic heterocycles. The Bertz CT molecular complexity index is 1080. The molecule has 1 fully saturated rings. The zero-order valence-corrected chi connectivity index (χ0v) is 16.9. The van der Waals surface area contributed by atoms with Crippen LogP contribution in [0.5, 0.6) is 0 Å². The van der Waals surface area contributed by atoms with Crippen molar-refractivity contribution in [3.05, 3.63) is 60.4 Å². The van der Waals surface area contributed by atoms with Crippen molar-refractivity contribution >= 4 is 26.4 Å². The van der Waals surface area contributed by atoms with Gasteiger partial charge in [0.1, 0.15) is 5.82 Å². The monoisotopic (exact) mass is 396 g/mol. The number of nitrogens with zero attached hydrogens (tertiary/aromatic N) is 4. The average Bonchev–Trinajstić information content (AvgIpc) is 2.72. The second-order valence-electron chi connectivity index (χ2n) is 7.15. The van der Waals surface area contributed by atoms with Crippen LogP contribution in [0.1, 0.15) is 18.5 Å². The SMILES string of the molecule is CCN1CCN(c2nccc3ccccc23)CC1c1ccc(S(C)(=O)=O)nc1. The van der Waals surface area contributed by atoms with E-state index in [1.54, 1.807) is 12.3 Å². The first kappa shape index (κ1) is 18.8. The van der Waals surface area contributed by atoms with Gasteiger partial charge in [0, 0.05) is 43.7 Å². The minimum Gasteiger partial charge on any atom is -0.353 e. The number of rotatable bonds is 4. The first-order chi connectivity index (χ1) is 13.5. The highest BCUT2D eigenvalue weighted by atomic mass is 32.2. The molecule has 0 bridgehead atoms. The quantitative estimate of drug-likeness (QED) is 0.676. The normalized spacial score (nSPS) is 18.5. The lowest BCUT2D eigenvalue weighted by molar-refractivity contribution is 0.186. The fourth-order valence-corrected chi connectivity index (χ4v) is 4.43. The van der Waals surface area contributed by atoms with E-state index < -0.39 is 9.84 Å². The molecule has 1 atom stereocenters. The van der Waals surface area contributed by atoms with Crippen LogP contribution in [0.25, 0.3) is 10.8 Å². The van der Waals surface area contributed by atoms with E-state index in [0.717, 1.165) is 42.9 Å². The van der Waals surface area contributed by atoms with Gasteiger partial charge in [0.25, 0.3) is 0 Å². The van der Waals surface area contributed by atoms with Crippen LogP contribution in [0.2, 0.25) is 0 Å². The summed E-state index contributed by atoms with van der Waals surface area (Å²) < 4.78 is 23.4. The molecule has 146 valence electrons. The van der Waals surface area contributed by atoms with Gasteiger partial charge in [-0.3, -0.25) is 4.90 Å². The maximum absolute atomic E-state index is 11.7. The summed E-state index contributed by atoms with van der Waals surface area (Å²) in [5, 5.41) is 2.45. The molecule has 0 amide bonds. The highest BCUT2D eigenvalue weighted by molar-refractivity contribution is 7.90. The Morgan fingerprint density at radius 3 is 2.61 bits per heavy atom. The van der Waals surface area contributed by atoms with E-state index in [4.69, 9.17) is 0 Å². The van der Waals surface area contributed by atoms with Crippen LogP contribution in [0.15, 0.2) is 59.9 Å². The maximum atomic E-state index is 11.7. The lowest BCUT2D eigenvalue weighted by atomic mass is 10.0. The van der Waals surface area contributed by atoms with Crippen LogP contribution >= 0.6 is 0 Å². The van der Waals surface area contributed by atoms with Crippen molar-refractivity contribution in [3.63, 3.8) is 0 Å². The average molecular weight is 397 g/mol. The molecule has 7 heteroatoms. The third-order valence-electron chi connectivity index (χ3n) is 5.37. The largest absolute Gasteiger partial charge is 0.353 e. The van der Waals surface area contributed by atoms with Gasteiger partial charge in [0.05, 0.1) is 6.04 Å². The fraction of sp³-hybridized carbons (Fsp3) is 0.333. The number of sulfone groups is 1. The molecule has 1 unspecified atom stereocenters. The molecular formula is C21H24N4O2S. The van der Waals surface area contributed by atoms with Crippen molar-refractivity contribution in [1.29, 1.82) is 0 Å². The lowest BCUT2D eigenvalue weighted by Crippen LogP contribution is -2.48. The Morgan fingerprint density at radius 2 is 1.89 bits per heavy atom. The molecule has 0 saturated carbocycles. The third kappa shape index (κ3) is 3.59. The number of benzene rings is 1. The van der Waals surface area contributed by atoms with E-state index in [1.807, 2.05) is 30.5 Å². The van der Waals surface area contributed by atoms with E-state index in [9.17, 15) is 8.42 Å². The van der Waals surface area contributed by atoms with Crippen LogP contribution in [0, 0.1) is 0 Å². The van der Waals surface area contributed by atoms with Gasteiger partial charge >= 0.3 is 0 Å². The van der Waals surface area contributed by atoms with Crippen molar-refractivity contribution in [2.45, 2.75) is 18.0 Å². The van der Waals surface area contributed by atoms with Crippen LogP contribution in [-0.2, 0) is 9.84 Å². The summed E-state index contributed by atoms with van der Waals surface area (Å²) in [6.45, 7) is 5.68. The Hall–Kier alpha value is -2.51. The van der Waals surface area contributed by atoms with Gasteiger partial charge in [0.15, 0.2) is 14.9 Å². The summed E-state index contributed by atoms with van der Waals surface area (Å²) in [4.78, 5) is 13.6. The smallest absolute Gasteiger partial charge is 0.192 e. The Labute approximate surface area is 165 Å². The predicted octanol–water partition coefficient (Wildman–Crippen LogP) is 2.92. The molecular weight excluding hydrogens is 372 g/mol. The number of hydrogen-bond acceptors (Lipinski definition) is 6. The highest BCUT2D eigenvalue weighted by Gasteiger charge is 2.29. The van der Waals surface area contributed by atoms with Crippen LogP contribution in [0.3, 0.4) is 0 Å². The van der Waals surface area contributed by atoms with E-state index in [-0.39, 0.29) is 11.1 Å².